The van der Waals surface area contributed by atoms with Gasteiger partial charge >= 0.3 is 0 Å². The van der Waals surface area contributed by atoms with Crippen LogP contribution in [0, 0.1) is 5.92 Å². The number of pyridine rings is 1. The van der Waals surface area contributed by atoms with Crippen LogP contribution >= 0.6 is 0 Å². The summed E-state index contributed by atoms with van der Waals surface area (Å²) in [5, 5.41) is 0. The number of piperidine rings is 1. The molecule has 1 N–H and O–H groups in total. The molecule has 2 bridgehead atoms. The summed E-state index contributed by atoms with van der Waals surface area (Å²) in [5.41, 5.74) is 3.80. The number of nitrogens with one attached hydrogen (secondary N) is 1. The third kappa shape index (κ3) is 4.42. The lowest BCUT2D eigenvalue weighted by atomic mass is 9.83. The number of quaternary nitrogens is 1. The zero-order valence-corrected chi connectivity index (χ0v) is 21.2. The molecule has 0 unspecified atom stereocenters. The number of hydrogen-bond donors (Lipinski definition) is 1. The Balaban J connectivity index is 1.47. The molecule has 0 saturated carbocycles. The van der Waals surface area contributed by atoms with Gasteiger partial charge in [0.15, 0.2) is 0 Å². The molecule has 1 fully saturated rings. The third-order valence-corrected chi connectivity index (χ3v) is 8.97. The Hall–Kier alpha value is -2.94. The van der Waals surface area contributed by atoms with Crippen LogP contribution in [0.4, 0.5) is 0 Å². The minimum absolute atomic E-state index is 0.00117. The van der Waals surface area contributed by atoms with E-state index in [4.69, 9.17) is 4.74 Å². The summed E-state index contributed by atoms with van der Waals surface area (Å²) in [6, 6.07) is 18.6. The van der Waals surface area contributed by atoms with Crippen LogP contribution in [0.2, 0.25) is 0 Å². The molecule has 2 aromatic carbocycles. The average Bonchev–Trinajstić information content (AvgIpc) is 2.85. The van der Waals surface area contributed by atoms with Gasteiger partial charge in [-0.15, -0.1) is 0 Å². The minimum Gasteiger partial charge on any atom is -0.497 e. The first-order chi connectivity index (χ1) is 16.8. The average molecular weight is 495 g/mol. The summed E-state index contributed by atoms with van der Waals surface area (Å²) in [6.07, 6.45) is 0.897. The number of sulfonamides is 1. The van der Waals surface area contributed by atoms with Crippen LogP contribution < -0.4 is 15.2 Å². The molecule has 1 saturated heterocycles. The summed E-state index contributed by atoms with van der Waals surface area (Å²) in [6.45, 7) is 2.17. The normalized spacial score (nSPS) is 20.0. The van der Waals surface area contributed by atoms with Crippen molar-refractivity contribution in [1.29, 1.82) is 0 Å². The monoisotopic (exact) mass is 494 g/mol. The van der Waals surface area contributed by atoms with Crippen LogP contribution in [0.5, 0.6) is 5.75 Å². The first-order valence-corrected chi connectivity index (χ1v) is 13.5. The van der Waals surface area contributed by atoms with Crippen LogP contribution in [0.15, 0.2) is 70.4 Å². The number of aromatic nitrogens is 1. The van der Waals surface area contributed by atoms with Gasteiger partial charge in [-0.05, 0) is 54.3 Å². The van der Waals surface area contributed by atoms with E-state index in [0.717, 1.165) is 29.8 Å². The van der Waals surface area contributed by atoms with Gasteiger partial charge in [-0.2, -0.15) is 4.31 Å². The van der Waals surface area contributed by atoms with Gasteiger partial charge in [0, 0.05) is 42.4 Å². The van der Waals surface area contributed by atoms with E-state index in [2.05, 4.69) is 20.2 Å². The van der Waals surface area contributed by atoms with Crippen molar-refractivity contribution in [1.82, 2.24) is 8.87 Å². The molecule has 35 heavy (non-hydrogen) atoms. The largest absolute Gasteiger partial charge is 0.497 e. The lowest BCUT2D eigenvalue weighted by Crippen LogP contribution is -3.04. The van der Waals surface area contributed by atoms with Gasteiger partial charge in [-0.1, -0.05) is 24.3 Å². The number of benzene rings is 2. The SMILES string of the molecule is COc1ccc(S(=O)(=O)N2C[C@@H]3C[C@H](C2)c2ccc(-c4ccccc4C[NH+](C)C)c(=O)n2C3)cc1. The van der Waals surface area contributed by atoms with Gasteiger partial charge < -0.3 is 14.2 Å². The molecule has 8 heteroatoms. The zero-order chi connectivity index (χ0) is 24.7. The third-order valence-electron chi connectivity index (χ3n) is 7.12. The van der Waals surface area contributed by atoms with E-state index in [1.54, 1.807) is 35.7 Å². The molecular formula is C27H32N3O4S+. The van der Waals surface area contributed by atoms with Crippen molar-refractivity contribution in [2.75, 3.05) is 34.3 Å². The second kappa shape index (κ2) is 9.26. The summed E-state index contributed by atoms with van der Waals surface area (Å²) < 4.78 is 35.4. The second-order valence-electron chi connectivity index (χ2n) is 9.92. The Morgan fingerprint density at radius 2 is 1.69 bits per heavy atom. The van der Waals surface area contributed by atoms with E-state index in [0.29, 0.717) is 30.9 Å². The van der Waals surface area contributed by atoms with Crippen LogP contribution in [0.25, 0.3) is 11.1 Å². The van der Waals surface area contributed by atoms with Crippen LogP contribution in [0.1, 0.15) is 23.6 Å². The highest BCUT2D eigenvalue weighted by Gasteiger charge is 2.39. The number of fused-ring (bicyclic) bond motifs is 4. The van der Waals surface area contributed by atoms with Gasteiger partial charge in [0.25, 0.3) is 5.56 Å². The molecule has 0 amide bonds. The van der Waals surface area contributed by atoms with Crippen molar-refractivity contribution in [3.05, 3.63) is 82.3 Å². The van der Waals surface area contributed by atoms with Gasteiger partial charge in [0.2, 0.25) is 10.0 Å². The van der Waals surface area contributed by atoms with Crippen molar-refractivity contribution in [3.8, 4) is 16.9 Å². The van der Waals surface area contributed by atoms with E-state index in [1.807, 2.05) is 34.9 Å². The maximum absolute atomic E-state index is 13.7. The Kier molecular flexibility index (Phi) is 6.29. The smallest absolute Gasteiger partial charge is 0.258 e. The molecule has 0 aliphatic carbocycles. The van der Waals surface area contributed by atoms with Crippen molar-refractivity contribution in [3.63, 3.8) is 0 Å². The first-order valence-electron chi connectivity index (χ1n) is 12.0. The van der Waals surface area contributed by atoms with Crippen LogP contribution in [-0.2, 0) is 23.1 Å². The molecular weight excluding hydrogens is 462 g/mol. The fourth-order valence-electron chi connectivity index (χ4n) is 5.52. The molecule has 184 valence electrons. The molecule has 2 aliphatic heterocycles. The van der Waals surface area contributed by atoms with E-state index < -0.39 is 10.0 Å². The number of methoxy groups -OCH3 is 1. The van der Waals surface area contributed by atoms with Crippen LogP contribution in [0.3, 0.4) is 0 Å². The lowest BCUT2D eigenvalue weighted by Gasteiger charge is -2.42. The molecule has 0 radical (unpaired) electrons. The highest BCUT2D eigenvalue weighted by Crippen LogP contribution is 2.38. The van der Waals surface area contributed by atoms with Gasteiger partial charge in [0.05, 0.1) is 26.1 Å². The van der Waals surface area contributed by atoms with Gasteiger partial charge in [-0.25, -0.2) is 8.42 Å². The van der Waals surface area contributed by atoms with Crippen molar-refractivity contribution < 1.29 is 18.1 Å². The predicted octanol–water partition coefficient (Wildman–Crippen LogP) is 1.98. The standard InChI is InChI=1S/C27H31N3O4S/c1-28(2)17-20-6-4-5-7-24(20)25-12-13-26-21-14-19(16-30(26)27(25)31)15-29(18-21)35(32,33)23-10-8-22(34-3)9-11-23/h4-13,19,21H,14-18H2,1-3H3/p+1/t19-,21+/m0/s1. The number of rotatable bonds is 6. The van der Waals surface area contributed by atoms with E-state index in [-0.39, 0.29) is 22.3 Å². The number of ether oxygens (including phenoxy) is 1. The highest BCUT2D eigenvalue weighted by atomic mass is 32.2. The highest BCUT2D eigenvalue weighted by molar-refractivity contribution is 7.89. The minimum atomic E-state index is -3.62. The summed E-state index contributed by atoms with van der Waals surface area (Å²) in [7, 11) is 2.14. The van der Waals surface area contributed by atoms with E-state index in [1.165, 1.54) is 4.90 Å². The summed E-state index contributed by atoms with van der Waals surface area (Å²) >= 11 is 0. The van der Waals surface area contributed by atoms with Crippen LogP contribution in [-0.4, -0.2) is 51.6 Å². The maximum atomic E-state index is 13.7. The zero-order valence-electron chi connectivity index (χ0n) is 20.4. The Morgan fingerprint density at radius 3 is 2.40 bits per heavy atom. The first kappa shape index (κ1) is 23.8. The van der Waals surface area contributed by atoms with Crippen molar-refractivity contribution >= 4 is 10.0 Å². The number of hydrogen-bond acceptors (Lipinski definition) is 4. The quantitative estimate of drug-likeness (QED) is 0.569. The molecule has 3 heterocycles. The predicted molar refractivity (Wildman–Crippen MR) is 135 cm³/mol. The van der Waals surface area contributed by atoms with Crippen molar-refractivity contribution in [2.24, 2.45) is 5.92 Å². The fourth-order valence-corrected chi connectivity index (χ4v) is 7.08. The second-order valence-corrected chi connectivity index (χ2v) is 11.9. The molecule has 3 aromatic rings. The summed E-state index contributed by atoms with van der Waals surface area (Å²) in [4.78, 5) is 15.2. The van der Waals surface area contributed by atoms with E-state index >= 15 is 0 Å². The Morgan fingerprint density at radius 1 is 0.943 bits per heavy atom. The molecule has 7 nitrogen and oxygen atoms in total. The maximum Gasteiger partial charge on any atom is 0.258 e. The van der Waals surface area contributed by atoms with E-state index in [9.17, 15) is 13.2 Å². The molecule has 1 aromatic heterocycles. The topological polar surface area (TPSA) is 73.1 Å². The fraction of sp³-hybridized carbons (Fsp3) is 0.370. The molecule has 5 rings (SSSR count). The molecule has 2 aliphatic rings. The summed E-state index contributed by atoms with van der Waals surface area (Å²) in [5.74, 6) is 0.722. The number of nitrogens with zero attached hydrogens (tertiary/aromatic N) is 2. The Bertz CT molecular complexity index is 1400. The van der Waals surface area contributed by atoms with Gasteiger partial charge in [0.1, 0.15) is 12.3 Å². The van der Waals surface area contributed by atoms with Crippen molar-refractivity contribution in [2.45, 2.75) is 30.3 Å². The lowest BCUT2D eigenvalue weighted by molar-refractivity contribution is -0.872. The molecule has 0 spiro atoms. The van der Waals surface area contributed by atoms with Gasteiger partial charge in [-0.3, -0.25) is 4.79 Å². The Labute approximate surface area is 206 Å². The molecule has 2 atom stereocenters.